The molecular formula is C14H16O4S. The van der Waals surface area contributed by atoms with Crippen LogP contribution in [0.2, 0.25) is 0 Å². The summed E-state index contributed by atoms with van der Waals surface area (Å²) in [6.07, 6.45) is 0. The van der Waals surface area contributed by atoms with Crippen molar-refractivity contribution in [3.8, 4) is 0 Å². The standard InChI is InChI=1S/C14H16O4S/c1-3-17-13(15)11(14(16)18-4-2)12(19)10-8-6-5-7-9-10/h5-9,11H,3-4H2,1-2H3. The molecule has 0 saturated heterocycles. The average molecular weight is 280 g/mol. The molecule has 0 heterocycles. The van der Waals surface area contributed by atoms with Crippen LogP contribution in [-0.2, 0) is 19.1 Å². The van der Waals surface area contributed by atoms with E-state index in [0.29, 0.717) is 5.56 Å². The highest BCUT2D eigenvalue weighted by Gasteiger charge is 2.34. The highest BCUT2D eigenvalue weighted by Crippen LogP contribution is 2.14. The van der Waals surface area contributed by atoms with Crippen LogP contribution in [0.1, 0.15) is 19.4 Å². The minimum atomic E-state index is -1.18. The number of thiocarbonyl (C=S) groups is 1. The van der Waals surface area contributed by atoms with Crippen molar-refractivity contribution in [1.29, 1.82) is 0 Å². The van der Waals surface area contributed by atoms with Crippen LogP contribution in [-0.4, -0.2) is 30.0 Å². The van der Waals surface area contributed by atoms with Gasteiger partial charge in [-0.25, -0.2) is 0 Å². The molecule has 0 aliphatic carbocycles. The summed E-state index contributed by atoms with van der Waals surface area (Å²) in [5.74, 6) is -2.53. The lowest BCUT2D eigenvalue weighted by Gasteiger charge is -2.15. The molecule has 1 aromatic carbocycles. The van der Waals surface area contributed by atoms with Gasteiger partial charge in [-0.2, -0.15) is 0 Å². The van der Waals surface area contributed by atoms with Gasteiger partial charge in [0.05, 0.1) is 13.2 Å². The van der Waals surface area contributed by atoms with Crippen molar-refractivity contribution < 1.29 is 19.1 Å². The Morgan fingerprint density at radius 1 is 1.05 bits per heavy atom. The van der Waals surface area contributed by atoms with E-state index in [4.69, 9.17) is 21.7 Å². The Balaban J connectivity index is 2.99. The Labute approximate surface area is 117 Å². The fraction of sp³-hybridized carbons (Fsp3) is 0.357. The van der Waals surface area contributed by atoms with E-state index in [2.05, 4.69) is 0 Å². The molecule has 1 aromatic rings. The first-order chi connectivity index (χ1) is 9.11. The number of hydrogen-bond donors (Lipinski definition) is 0. The van der Waals surface area contributed by atoms with Crippen molar-refractivity contribution in [2.45, 2.75) is 13.8 Å². The van der Waals surface area contributed by atoms with Crippen LogP contribution in [0.5, 0.6) is 0 Å². The first-order valence-corrected chi connectivity index (χ1v) is 6.45. The monoisotopic (exact) mass is 280 g/mol. The summed E-state index contributed by atoms with van der Waals surface area (Å²) >= 11 is 5.22. The van der Waals surface area contributed by atoms with Crippen molar-refractivity contribution in [2.75, 3.05) is 13.2 Å². The average Bonchev–Trinajstić information content (AvgIpc) is 2.40. The first-order valence-electron chi connectivity index (χ1n) is 6.04. The Bertz CT molecular complexity index is 438. The van der Waals surface area contributed by atoms with Gasteiger partial charge in [0, 0.05) is 4.86 Å². The van der Waals surface area contributed by atoms with Crippen LogP contribution in [0.4, 0.5) is 0 Å². The van der Waals surface area contributed by atoms with Crippen LogP contribution >= 0.6 is 12.2 Å². The Kier molecular flexibility index (Phi) is 6.15. The van der Waals surface area contributed by atoms with E-state index in [-0.39, 0.29) is 18.1 Å². The van der Waals surface area contributed by atoms with E-state index < -0.39 is 17.9 Å². The zero-order chi connectivity index (χ0) is 14.3. The molecule has 0 fully saturated rings. The summed E-state index contributed by atoms with van der Waals surface area (Å²) in [6.45, 7) is 3.72. The second kappa shape index (κ2) is 7.63. The Morgan fingerprint density at radius 2 is 1.53 bits per heavy atom. The molecule has 0 amide bonds. The van der Waals surface area contributed by atoms with Gasteiger partial charge >= 0.3 is 11.9 Å². The topological polar surface area (TPSA) is 52.6 Å². The molecule has 0 unspecified atom stereocenters. The fourth-order valence-corrected chi connectivity index (χ4v) is 1.86. The summed E-state index contributed by atoms with van der Waals surface area (Å²) in [5.41, 5.74) is 0.642. The van der Waals surface area contributed by atoms with E-state index in [1.807, 2.05) is 6.07 Å². The minimum absolute atomic E-state index is 0.187. The lowest BCUT2D eigenvalue weighted by molar-refractivity contribution is -0.157. The van der Waals surface area contributed by atoms with Gasteiger partial charge in [0.2, 0.25) is 0 Å². The number of carbonyl (C=O) groups excluding carboxylic acids is 2. The largest absolute Gasteiger partial charge is 0.465 e. The molecule has 5 heteroatoms. The lowest BCUT2D eigenvalue weighted by Crippen LogP contribution is -2.34. The van der Waals surface area contributed by atoms with E-state index >= 15 is 0 Å². The van der Waals surface area contributed by atoms with Crippen molar-refractivity contribution in [2.24, 2.45) is 5.92 Å². The van der Waals surface area contributed by atoms with Gasteiger partial charge in [0.1, 0.15) is 0 Å². The smallest absolute Gasteiger partial charge is 0.325 e. The molecule has 0 bridgehead atoms. The normalized spacial score (nSPS) is 10.1. The molecule has 0 saturated carbocycles. The van der Waals surface area contributed by atoms with Crippen LogP contribution in [0.15, 0.2) is 30.3 Å². The summed E-state index contributed by atoms with van der Waals surface area (Å²) in [7, 11) is 0. The maximum absolute atomic E-state index is 11.9. The van der Waals surface area contributed by atoms with Crippen LogP contribution in [0, 0.1) is 5.92 Å². The van der Waals surface area contributed by atoms with Crippen LogP contribution in [0.25, 0.3) is 0 Å². The zero-order valence-electron chi connectivity index (χ0n) is 10.9. The molecule has 0 aliphatic heterocycles. The second-order valence-corrected chi connectivity index (χ2v) is 4.11. The molecule has 102 valence electrons. The van der Waals surface area contributed by atoms with Gasteiger partial charge in [-0.3, -0.25) is 9.59 Å². The summed E-state index contributed by atoms with van der Waals surface area (Å²) in [5, 5.41) is 0. The predicted molar refractivity (Wildman–Crippen MR) is 74.9 cm³/mol. The SMILES string of the molecule is CCOC(=O)C(C(=O)OCC)C(=S)c1ccccc1. The van der Waals surface area contributed by atoms with E-state index in [0.717, 1.165) is 0 Å². The first kappa shape index (κ1) is 15.3. The fourth-order valence-electron chi connectivity index (χ4n) is 1.53. The van der Waals surface area contributed by atoms with Gasteiger partial charge < -0.3 is 9.47 Å². The van der Waals surface area contributed by atoms with Crippen molar-refractivity contribution in [3.05, 3.63) is 35.9 Å². The van der Waals surface area contributed by atoms with Gasteiger partial charge in [-0.15, -0.1) is 0 Å². The predicted octanol–water partition coefficient (Wildman–Crippen LogP) is 2.15. The van der Waals surface area contributed by atoms with Gasteiger partial charge in [-0.1, -0.05) is 42.5 Å². The molecule has 1 rings (SSSR count). The molecule has 4 nitrogen and oxygen atoms in total. The van der Waals surface area contributed by atoms with Crippen molar-refractivity contribution in [1.82, 2.24) is 0 Å². The lowest BCUT2D eigenvalue weighted by atomic mass is 9.99. The maximum Gasteiger partial charge on any atom is 0.325 e. The molecule has 0 N–H and O–H groups in total. The third-order valence-corrected chi connectivity index (χ3v) is 2.84. The highest BCUT2D eigenvalue weighted by molar-refractivity contribution is 7.81. The van der Waals surface area contributed by atoms with Gasteiger partial charge in [0.25, 0.3) is 0 Å². The molecular weight excluding hydrogens is 264 g/mol. The highest BCUT2D eigenvalue weighted by atomic mass is 32.1. The number of ether oxygens (including phenoxy) is 2. The summed E-state index contributed by atoms with van der Waals surface area (Å²) in [6, 6.07) is 8.89. The third kappa shape index (κ3) is 4.13. The third-order valence-electron chi connectivity index (χ3n) is 2.37. The van der Waals surface area contributed by atoms with Crippen molar-refractivity contribution >= 4 is 29.0 Å². The molecule has 0 atom stereocenters. The van der Waals surface area contributed by atoms with Crippen molar-refractivity contribution in [3.63, 3.8) is 0 Å². The number of carbonyl (C=O) groups is 2. The number of rotatable bonds is 6. The van der Waals surface area contributed by atoms with E-state index in [1.54, 1.807) is 38.1 Å². The summed E-state index contributed by atoms with van der Waals surface area (Å²) < 4.78 is 9.77. The second-order valence-electron chi connectivity index (χ2n) is 3.67. The molecule has 19 heavy (non-hydrogen) atoms. The Morgan fingerprint density at radius 3 is 1.95 bits per heavy atom. The van der Waals surface area contributed by atoms with Gasteiger partial charge in [0.15, 0.2) is 5.92 Å². The van der Waals surface area contributed by atoms with E-state index in [9.17, 15) is 9.59 Å². The number of esters is 2. The van der Waals surface area contributed by atoms with Gasteiger partial charge in [-0.05, 0) is 19.4 Å². The molecule has 0 aliphatic rings. The molecule has 0 spiro atoms. The zero-order valence-corrected chi connectivity index (χ0v) is 11.7. The number of benzene rings is 1. The maximum atomic E-state index is 11.9. The van der Waals surface area contributed by atoms with Crippen LogP contribution < -0.4 is 0 Å². The minimum Gasteiger partial charge on any atom is -0.465 e. The number of hydrogen-bond acceptors (Lipinski definition) is 5. The van der Waals surface area contributed by atoms with E-state index in [1.165, 1.54) is 0 Å². The Hall–Kier alpha value is -1.75. The molecule has 0 aromatic heterocycles. The quantitative estimate of drug-likeness (QED) is 0.346. The van der Waals surface area contributed by atoms with Crippen LogP contribution in [0.3, 0.4) is 0 Å². The summed E-state index contributed by atoms with van der Waals surface area (Å²) in [4.78, 5) is 23.9. The molecule has 0 radical (unpaired) electrons.